The number of carbonyl (C=O) groups excluding carboxylic acids is 1. The molecule has 6 heteroatoms. The van der Waals surface area contributed by atoms with E-state index in [1.54, 1.807) is 31.3 Å². The van der Waals surface area contributed by atoms with Crippen LogP contribution in [0.3, 0.4) is 0 Å². The van der Waals surface area contributed by atoms with Crippen LogP contribution in [0, 0.1) is 0 Å². The summed E-state index contributed by atoms with van der Waals surface area (Å²) in [6.07, 6.45) is 2.39. The van der Waals surface area contributed by atoms with Gasteiger partial charge >= 0.3 is 0 Å². The van der Waals surface area contributed by atoms with Gasteiger partial charge < -0.3 is 19.9 Å². The number of rotatable bonds is 3. The number of hydrogen-bond donors (Lipinski definition) is 2. The molecule has 0 radical (unpaired) electrons. The lowest BCUT2D eigenvalue weighted by Gasteiger charge is -2.18. The van der Waals surface area contributed by atoms with E-state index in [1.807, 2.05) is 24.3 Å². The molecule has 1 aliphatic rings. The van der Waals surface area contributed by atoms with Gasteiger partial charge in [-0.15, -0.1) is 0 Å². The zero-order valence-corrected chi connectivity index (χ0v) is 15.1. The zero-order chi connectivity index (χ0) is 19.0. The van der Waals surface area contributed by atoms with Crippen LogP contribution in [0.2, 0.25) is 0 Å². The van der Waals surface area contributed by atoms with E-state index in [-0.39, 0.29) is 11.3 Å². The molecule has 0 unspecified atom stereocenters. The molecule has 6 nitrogen and oxygen atoms in total. The first-order valence-corrected chi connectivity index (χ1v) is 9.03. The summed E-state index contributed by atoms with van der Waals surface area (Å²) < 4.78 is 1.38. The molecule has 0 atom stereocenters. The Morgan fingerprint density at radius 1 is 1.04 bits per heavy atom. The number of carbonyl (C=O) groups is 1. The van der Waals surface area contributed by atoms with Gasteiger partial charge in [-0.25, -0.2) is 0 Å². The summed E-state index contributed by atoms with van der Waals surface area (Å²) in [4.78, 5) is 27.6. The van der Waals surface area contributed by atoms with Gasteiger partial charge in [0.25, 0.3) is 11.5 Å². The Balaban J connectivity index is 1.64. The Bertz CT molecular complexity index is 1060. The normalized spacial score (nSPS) is 13.9. The van der Waals surface area contributed by atoms with Crippen molar-refractivity contribution in [2.45, 2.75) is 12.8 Å². The Labute approximate surface area is 156 Å². The lowest BCUT2D eigenvalue weighted by molar-refractivity contribution is 0.102. The van der Waals surface area contributed by atoms with Gasteiger partial charge in [-0.2, -0.15) is 0 Å². The number of pyridine rings is 1. The van der Waals surface area contributed by atoms with Crippen LogP contribution >= 0.6 is 0 Å². The van der Waals surface area contributed by atoms with Gasteiger partial charge in [-0.1, -0.05) is 12.1 Å². The van der Waals surface area contributed by atoms with Crippen molar-refractivity contribution >= 4 is 28.2 Å². The van der Waals surface area contributed by atoms with Gasteiger partial charge in [0.2, 0.25) is 0 Å². The van der Waals surface area contributed by atoms with E-state index in [1.165, 1.54) is 17.4 Å². The van der Waals surface area contributed by atoms with Gasteiger partial charge in [-0.05, 0) is 49.2 Å². The highest BCUT2D eigenvalue weighted by atomic mass is 16.3. The molecule has 1 aromatic heterocycles. The lowest BCUT2D eigenvalue weighted by Crippen LogP contribution is -2.28. The second-order valence-electron chi connectivity index (χ2n) is 6.80. The van der Waals surface area contributed by atoms with Crippen LogP contribution in [-0.4, -0.2) is 28.7 Å². The molecule has 1 amide bonds. The van der Waals surface area contributed by atoms with Crippen molar-refractivity contribution in [3.8, 4) is 5.75 Å². The highest BCUT2D eigenvalue weighted by Gasteiger charge is 2.21. The van der Waals surface area contributed by atoms with E-state index < -0.39 is 11.5 Å². The highest BCUT2D eigenvalue weighted by Crippen LogP contribution is 2.27. The van der Waals surface area contributed by atoms with Crippen molar-refractivity contribution in [1.82, 2.24) is 4.57 Å². The summed E-state index contributed by atoms with van der Waals surface area (Å²) in [5, 5.41) is 13.7. The molecule has 27 heavy (non-hydrogen) atoms. The van der Waals surface area contributed by atoms with Crippen molar-refractivity contribution in [3.05, 3.63) is 64.4 Å². The van der Waals surface area contributed by atoms with Crippen LogP contribution in [0.25, 0.3) is 10.9 Å². The van der Waals surface area contributed by atoms with Crippen LogP contribution in [0.1, 0.15) is 23.2 Å². The second kappa shape index (κ2) is 6.79. The molecule has 0 spiro atoms. The molecule has 0 bridgehead atoms. The standard InChI is InChI=1S/C21H21N3O3/c1-23-17-7-3-2-6-16(17)19(25)18(21(23)27)20(26)22-14-8-10-15(11-9-14)24-12-4-5-13-24/h2-3,6-11,25H,4-5,12-13H2,1H3,(H,22,26). The molecular weight excluding hydrogens is 342 g/mol. The minimum absolute atomic E-state index is 0.250. The molecule has 1 aliphatic heterocycles. The van der Waals surface area contributed by atoms with Gasteiger partial charge in [0.1, 0.15) is 11.3 Å². The Kier molecular flexibility index (Phi) is 4.32. The van der Waals surface area contributed by atoms with E-state index in [9.17, 15) is 14.7 Å². The van der Waals surface area contributed by atoms with Crippen molar-refractivity contribution in [2.75, 3.05) is 23.3 Å². The summed E-state index contributed by atoms with van der Waals surface area (Å²) in [7, 11) is 1.59. The molecule has 2 heterocycles. The third kappa shape index (κ3) is 3.03. The van der Waals surface area contributed by atoms with Crippen molar-refractivity contribution in [2.24, 2.45) is 7.05 Å². The number of aromatic nitrogens is 1. The number of amides is 1. The minimum Gasteiger partial charge on any atom is -0.506 e. The number of para-hydroxylation sites is 1. The van der Waals surface area contributed by atoms with Gasteiger partial charge in [0.05, 0.1) is 5.52 Å². The van der Waals surface area contributed by atoms with Crippen molar-refractivity contribution in [3.63, 3.8) is 0 Å². The molecular formula is C21H21N3O3. The number of anilines is 2. The fraction of sp³-hybridized carbons (Fsp3) is 0.238. The minimum atomic E-state index is -0.618. The van der Waals surface area contributed by atoms with E-state index in [4.69, 9.17) is 0 Å². The molecule has 4 rings (SSSR count). The monoisotopic (exact) mass is 363 g/mol. The summed E-state index contributed by atoms with van der Waals surface area (Å²) in [6.45, 7) is 2.10. The summed E-state index contributed by atoms with van der Waals surface area (Å²) in [6, 6.07) is 14.5. The number of benzene rings is 2. The molecule has 1 saturated heterocycles. The molecule has 3 aromatic rings. The largest absolute Gasteiger partial charge is 0.506 e. The number of nitrogens with one attached hydrogen (secondary N) is 1. The first kappa shape index (κ1) is 17.1. The third-order valence-electron chi connectivity index (χ3n) is 5.10. The number of nitrogens with zero attached hydrogens (tertiary/aromatic N) is 2. The molecule has 138 valence electrons. The topological polar surface area (TPSA) is 74.6 Å². The molecule has 0 aliphatic carbocycles. The van der Waals surface area contributed by atoms with E-state index in [2.05, 4.69) is 10.2 Å². The first-order chi connectivity index (χ1) is 13.1. The van der Waals surface area contributed by atoms with Gasteiger partial charge in [0.15, 0.2) is 0 Å². The van der Waals surface area contributed by atoms with E-state index in [0.717, 1.165) is 18.8 Å². The predicted octanol–water partition coefficient (Wildman–Crippen LogP) is 3.10. The SMILES string of the molecule is Cn1c(=O)c(C(=O)Nc2ccc(N3CCCC3)cc2)c(O)c2ccccc21. The fourth-order valence-electron chi connectivity index (χ4n) is 3.61. The molecule has 2 N–H and O–H groups in total. The highest BCUT2D eigenvalue weighted by molar-refractivity contribution is 6.09. The Hall–Kier alpha value is -3.28. The van der Waals surface area contributed by atoms with Crippen LogP contribution < -0.4 is 15.8 Å². The predicted molar refractivity (Wildman–Crippen MR) is 107 cm³/mol. The zero-order valence-electron chi connectivity index (χ0n) is 15.1. The van der Waals surface area contributed by atoms with Crippen molar-refractivity contribution in [1.29, 1.82) is 0 Å². The van der Waals surface area contributed by atoms with Crippen LogP contribution in [0.5, 0.6) is 5.75 Å². The lowest BCUT2D eigenvalue weighted by atomic mass is 10.1. The third-order valence-corrected chi connectivity index (χ3v) is 5.10. The number of hydrogen-bond acceptors (Lipinski definition) is 4. The first-order valence-electron chi connectivity index (χ1n) is 9.03. The van der Waals surface area contributed by atoms with Gasteiger partial charge in [0, 0.05) is 36.9 Å². The summed E-state index contributed by atoms with van der Waals surface area (Å²) in [5.74, 6) is -0.910. The number of fused-ring (bicyclic) bond motifs is 1. The Morgan fingerprint density at radius 3 is 2.41 bits per heavy atom. The van der Waals surface area contributed by atoms with E-state index >= 15 is 0 Å². The quantitative estimate of drug-likeness (QED) is 0.750. The van der Waals surface area contributed by atoms with Crippen LogP contribution in [0.4, 0.5) is 11.4 Å². The smallest absolute Gasteiger partial charge is 0.267 e. The number of aromatic hydroxyl groups is 1. The molecule has 2 aromatic carbocycles. The average Bonchev–Trinajstić information content (AvgIpc) is 3.22. The Morgan fingerprint density at radius 2 is 1.70 bits per heavy atom. The maximum absolute atomic E-state index is 12.7. The van der Waals surface area contributed by atoms with Crippen molar-refractivity contribution < 1.29 is 9.90 Å². The van der Waals surface area contributed by atoms with E-state index in [0.29, 0.717) is 16.6 Å². The van der Waals surface area contributed by atoms with Crippen LogP contribution in [-0.2, 0) is 7.05 Å². The average molecular weight is 363 g/mol. The fourth-order valence-corrected chi connectivity index (χ4v) is 3.61. The number of aryl methyl sites for hydroxylation is 1. The van der Waals surface area contributed by atoms with Crippen LogP contribution in [0.15, 0.2) is 53.3 Å². The molecule has 1 fully saturated rings. The maximum Gasteiger partial charge on any atom is 0.267 e. The summed E-state index contributed by atoms with van der Waals surface area (Å²) >= 11 is 0. The summed E-state index contributed by atoms with van der Waals surface area (Å²) in [5.41, 5.74) is 1.50. The second-order valence-corrected chi connectivity index (χ2v) is 6.80. The molecule has 0 saturated carbocycles. The maximum atomic E-state index is 12.7. The van der Waals surface area contributed by atoms with Gasteiger partial charge in [-0.3, -0.25) is 9.59 Å².